The summed E-state index contributed by atoms with van der Waals surface area (Å²) in [4.78, 5) is 10.7. The molecule has 0 N–H and O–H groups in total. The summed E-state index contributed by atoms with van der Waals surface area (Å²) < 4.78 is 38.9. The zero-order valence-corrected chi connectivity index (χ0v) is 9.72. The van der Waals surface area contributed by atoms with Gasteiger partial charge in [-0.15, -0.1) is 0 Å². The number of hydrogen-bond acceptors (Lipinski definition) is 2. The van der Waals surface area contributed by atoms with Gasteiger partial charge in [0.25, 0.3) is 0 Å². The highest BCUT2D eigenvalue weighted by Crippen LogP contribution is 2.42. The smallest absolute Gasteiger partial charge is 0.298 e. The number of carbonyl (C=O) groups is 1. The highest BCUT2D eigenvalue weighted by molar-refractivity contribution is 6.32. The van der Waals surface area contributed by atoms with E-state index < -0.39 is 17.4 Å². The van der Waals surface area contributed by atoms with E-state index in [1.807, 2.05) is 0 Å². The van der Waals surface area contributed by atoms with E-state index in [9.17, 15) is 18.0 Å². The van der Waals surface area contributed by atoms with Gasteiger partial charge in [0.2, 0.25) is 0 Å². The van der Waals surface area contributed by atoms with Crippen molar-refractivity contribution < 1.29 is 18.0 Å². The minimum atomic E-state index is -4.66. The Labute approximate surface area is 101 Å². The maximum absolute atomic E-state index is 12.6. The predicted octanol–water partition coefficient (Wildman–Crippen LogP) is 3.34. The number of halogens is 4. The summed E-state index contributed by atoms with van der Waals surface area (Å²) in [5, 5.41) is 3.21. The van der Waals surface area contributed by atoms with Gasteiger partial charge in [-0.05, 0) is 25.7 Å². The summed E-state index contributed by atoms with van der Waals surface area (Å²) in [5.74, 6) is 0.299. The van der Waals surface area contributed by atoms with Crippen LogP contribution in [0.4, 0.5) is 13.2 Å². The molecule has 1 aliphatic carbocycles. The lowest BCUT2D eigenvalue weighted by molar-refractivity contribution is -0.141. The van der Waals surface area contributed by atoms with E-state index in [1.165, 1.54) is 0 Å². The van der Waals surface area contributed by atoms with Crippen LogP contribution in [0.5, 0.6) is 0 Å². The Morgan fingerprint density at radius 1 is 1.53 bits per heavy atom. The van der Waals surface area contributed by atoms with Crippen molar-refractivity contribution in [2.75, 3.05) is 0 Å². The normalized spacial score (nSPS) is 18.2. The first kappa shape index (κ1) is 12.4. The van der Waals surface area contributed by atoms with Crippen LogP contribution in [-0.4, -0.2) is 16.1 Å². The number of aldehydes is 1. The first-order valence-electron chi connectivity index (χ1n) is 5.16. The van der Waals surface area contributed by atoms with Gasteiger partial charge in [0.15, 0.2) is 12.0 Å². The Morgan fingerprint density at radius 3 is 2.47 bits per heavy atom. The lowest BCUT2D eigenvalue weighted by atomic mass is 10.2. The van der Waals surface area contributed by atoms with Gasteiger partial charge in [-0.25, -0.2) is 4.68 Å². The zero-order chi connectivity index (χ0) is 12.8. The standard InChI is InChI=1S/C10H10ClF3N2O/c1-5(6-2-3-6)16-9(11)7(4-17)8(15-16)10(12,13)14/h4-6H,2-3H2,1H3. The molecule has 7 heteroatoms. The quantitative estimate of drug-likeness (QED) is 0.787. The molecule has 1 unspecified atom stereocenters. The van der Waals surface area contributed by atoms with Gasteiger partial charge in [-0.1, -0.05) is 11.6 Å². The minimum absolute atomic E-state index is 0.105. The lowest BCUT2D eigenvalue weighted by Gasteiger charge is -2.11. The van der Waals surface area contributed by atoms with E-state index in [4.69, 9.17) is 11.6 Å². The molecule has 0 bridgehead atoms. The van der Waals surface area contributed by atoms with E-state index in [1.54, 1.807) is 6.92 Å². The third-order valence-electron chi connectivity index (χ3n) is 2.96. The fourth-order valence-corrected chi connectivity index (χ4v) is 2.11. The Morgan fingerprint density at radius 2 is 2.12 bits per heavy atom. The molecule has 1 aliphatic rings. The molecule has 0 saturated heterocycles. The molecule has 1 aromatic rings. The van der Waals surface area contributed by atoms with Gasteiger partial charge in [0.1, 0.15) is 5.15 Å². The molecule has 0 aromatic carbocycles. The van der Waals surface area contributed by atoms with Gasteiger partial charge in [-0.3, -0.25) is 4.79 Å². The third kappa shape index (κ3) is 2.18. The van der Waals surface area contributed by atoms with Gasteiger partial charge >= 0.3 is 6.18 Å². The van der Waals surface area contributed by atoms with Gasteiger partial charge in [0, 0.05) is 0 Å². The van der Waals surface area contributed by atoms with Crippen LogP contribution in [0.1, 0.15) is 41.9 Å². The summed E-state index contributed by atoms with van der Waals surface area (Å²) in [5.41, 5.74) is -1.78. The van der Waals surface area contributed by atoms with Crippen molar-refractivity contribution in [2.24, 2.45) is 5.92 Å². The first-order chi connectivity index (χ1) is 7.86. The Hall–Kier alpha value is -1.04. The highest BCUT2D eigenvalue weighted by atomic mass is 35.5. The maximum Gasteiger partial charge on any atom is 0.435 e. The van der Waals surface area contributed by atoms with Crippen LogP contribution in [-0.2, 0) is 6.18 Å². The monoisotopic (exact) mass is 266 g/mol. The maximum atomic E-state index is 12.6. The molecule has 17 heavy (non-hydrogen) atoms. The summed E-state index contributed by atoms with van der Waals surface area (Å²) in [7, 11) is 0. The molecule has 1 heterocycles. The second-order valence-corrected chi connectivity index (χ2v) is 4.55. The first-order valence-corrected chi connectivity index (χ1v) is 5.54. The number of carbonyl (C=O) groups excluding carboxylic acids is 1. The van der Waals surface area contributed by atoms with E-state index in [-0.39, 0.29) is 17.5 Å². The SMILES string of the molecule is CC(C1CC1)n1nc(C(F)(F)F)c(C=O)c1Cl. The number of hydrogen-bond donors (Lipinski definition) is 0. The Kier molecular flexibility index (Phi) is 2.93. The van der Waals surface area contributed by atoms with Crippen molar-refractivity contribution in [1.82, 2.24) is 9.78 Å². The zero-order valence-electron chi connectivity index (χ0n) is 8.96. The van der Waals surface area contributed by atoms with Crippen LogP contribution in [0.25, 0.3) is 0 Å². The molecule has 0 aliphatic heterocycles. The summed E-state index contributed by atoms with van der Waals surface area (Å²) in [6.07, 6.45) is -2.65. The molecule has 0 spiro atoms. The highest BCUT2D eigenvalue weighted by Gasteiger charge is 2.41. The van der Waals surface area contributed by atoms with Gasteiger partial charge in [0.05, 0.1) is 11.6 Å². The van der Waals surface area contributed by atoms with Gasteiger partial charge < -0.3 is 0 Å². The van der Waals surface area contributed by atoms with Crippen molar-refractivity contribution in [3.8, 4) is 0 Å². The van der Waals surface area contributed by atoms with Gasteiger partial charge in [-0.2, -0.15) is 18.3 Å². The van der Waals surface area contributed by atoms with Crippen LogP contribution in [0.15, 0.2) is 0 Å². The molecule has 0 radical (unpaired) electrons. The summed E-state index contributed by atoms with van der Waals surface area (Å²) in [6.45, 7) is 1.76. The van der Waals surface area contributed by atoms with Crippen LogP contribution in [0.3, 0.4) is 0 Å². The van der Waals surface area contributed by atoms with Crippen LogP contribution < -0.4 is 0 Å². The average Bonchev–Trinajstić information content (AvgIpc) is 3.00. The predicted molar refractivity (Wildman–Crippen MR) is 55.1 cm³/mol. The molecule has 1 fully saturated rings. The molecule has 2 rings (SSSR count). The molecular formula is C10H10ClF3N2O. The second-order valence-electron chi connectivity index (χ2n) is 4.19. The largest absolute Gasteiger partial charge is 0.435 e. The van der Waals surface area contributed by atoms with Crippen molar-refractivity contribution in [1.29, 1.82) is 0 Å². The molecule has 3 nitrogen and oxygen atoms in total. The number of aromatic nitrogens is 2. The number of alkyl halides is 3. The minimum Gasteiger partial charge on any atom is -0.298 e. The van der Waals surface area contributed by atoms with E-state index in [0.29, 0.717) is 5.92 Å². The van der Waals surface area contributed by atoms with Crippen molar-refractivity contribution in [3.05, 3.63) is 16.4 Å². The average molecular weight is 267 g/mol. The van der Waals surface area contributed by atoms with Crippen LogP contribution in [0.2, 0.25) is 5.15 Å². The van der Waals surface area contributed by atoms with Crippen LogP contribution in [0, 0.1) is 5.92 Å². The fourth-order valence-electron chi connectivity index (χ4n) is 1.79. The van der Waals surface area contributed by atoms with E-state index in [0.717, 1.165) is 17.5 Å². The summed E-state index contributed by atoms with van der Waals surface area (Å²) in [6, 6.07) is -0.211. The molecule has 94 valence electrons. The van der Waals surface area contributed by atoms with Crippen molar-refractivity contribution in [2.45, 2.75) is 32.0 Å². The second kappa shape index (κ2) is 4.01. The molecule has 0 amide bonds. The topological polar surface area (TPSA) is 34.9 Å². The lowest BCUT2D eigenvalue weighted by Crippen LogP contribution is -2.12. The molecule has 1 atom stereocenters. The number of nitrogens with zero attached hydrogens (tertiary/aromatic N) is 2. The third-order valence-corrected chi connectivity index (χ3v) is 3.34. The molecule has 1 aromatic heterocycles. The van der Waals surface area contributed by atoms with Crippen molar-refractivity contribution in [3.63, 3.8) is 0 Å². The Bertz CT molecular complexity index is 451. The van der Waals surface area contributed by atoms with E-state index >= 15 is 0 Å². The van der Waals surface area contributed by atoms with Crippen LogP contribution >= 0.6 is 11.6 Å². The molecule has 1 saturated carbocycles. The molecular weight excluding hydrogens is 257 g/mol. The summed E-state index contributed by atoms with van der Waals surface area (Å²) >= 11 is 5.77. The number of rotatable bonds is 3. The van der Waals surface area contributed by atoms with E-state index in [2.05, 4.69) is 5.10 Å². The Balaban J connectivity index is 2.47. The van der Waals surface area contributed by atoms with Crippen molar-refractivity contribution >= 4 is 17.9 Å². The fraction of sp³-hybridized carbons (Fsp3) is 0.600.